The van der Waals surface area contributed by atoms with Gasteiger partial charge in [-0.05, 0) is 80.5 Å². The normalized spacial score (nSPS) is 23.1. The van der Waals surface area contributed by atoms with Gasteiger partial charge in [0, 0.05) is 19.6 Å². The Morgan fingerprint density at radius 3 is 2.18 bits per heavy atom. The zero-order chi connectivity index (χ0) is 20.4. The SMILES string of the molecule is CNCC(C)C.O=C(O)CC1CCCC(c2ccc(C3CCOCC3)cc2)C1. The molecule has 1 aromatic rings. The van der Waals surface area contributed by atoms with Crippen molar-refractivity contribution in [1.82, 2.24) is 5.32 Å². The Labute approximate surface area is 171 Å². The number of hydrogen-bond acceptors (Lipinski definition) is 3. The van der Waals surface area contributed by atoms with Crippen LogP contribution in [0.3, 0.4) is 0 Å². The van der Waals surface area contributed by atoms with Gasteiger partial charge in [0.15, 0.2) is 0 Å². The largest absolute Gasteiger partial charge is 0.481 e. The standard InChI is InChI=1S/C19H26O3.C5H13N/c20-19(21)13-14-2-1-3-18(12-14)16-6-4-15(5-7-16)17-8-10-22-11-9-17;1-5(2)4-6-3/h4-7,14,17-18H,1-3,8-13H2,(H,20,21);5-6H,4H2,1-3H3. The van der Waals surface area contributed by atoms with Gasteiger partial charge < -0.3 is 15.2 Å². The molecule has 2 atom stereocenters. The Hall–Kier alpha value is -1.39. The summed E-state index contributed by atoms with van der Waals surface area (Å²) in [7, 11) is 1.97. The lowest BCUT2D eigenvalue weighted by atomic mass is 9.76. The Morgan fingerprint density at radius 1 is 1.07 bits per heavy atom. The number of carboxylic acid groups (broad SMARTS) is 1. The van der Waals surface area contributed by atoms with Gasteiger partial charge in [0.1, 0.15) is 0 Å². The van der Waals surface area contributed by atoms with Crippen LogP contribution in [0.2, 0.25) is 0 Å². The monoisotopic (exact) mass is 389 g/mol. The molecule has 158 valence electrons. The number of carboxylic acids is 1. The van der Waals surface area contributed by atoms with E-state index in [0.29, 0.717) is 24.2 Å². The number of hydrogen-bond donors (Lipinski definition) is 2. The van der Waals surface area contributed by atoms with Gasteiger partial charge in [-0.25, -0.2) is 0 Å². The third-order valence-electron chi connectivity index (χ3n) is 5.96. The maximum Gasteiger partial charge on any atom is 0.303 e. The lowest BCUT2D eigenvalue weighted by Gasteiger charge is -2.29. The molecule has 2 aliphatic rings. The fraction of sp³-hybridized carbons (Fsp3) is 0.708. The first-order valence-corrected chi connectivity index (χ1v) is 11.0. The Balaban J connectivity index is 0.000000409. The molecule has 1 heterocycles. The second kappa shape index (κ2) is 12.2. The van der Waals surface area contributed by atoms with E-state index in [1.807, 2.05) is 7.05 Å². The van der Waals surface area contributed by atoms with Crippen molar-refractivity contribution >= 4 is 5.97 Å². The molecule has 0 spiro atoms. The van der Waals surface area contributed by atoms with E-state index in [1.54, 1.807) is 0 Å². The lowest BCUT2D eigenvalue weighted by molar-refractivity contribution is -0.138. The highest BCUT2D eigenvalue weighted by atomic mass is 16.5. The number of rotatable bonds is 6. The smallest absolute Gasteiger partial charge is 0.303 e. The van der Waals surface area contributed by atoms with E-state index >= 15 is 0 Å². The average Bonchev–Trinajstić information content (AvgIpc) is 2.69. The van der Waals surface area contributed by atoms with Gasteiger partial charge in [-0.3, -0.25) is 4.79 Å². The molecule has 1 saturated heterocycles. The molecule has 0 aromatic heterocycles. The number of nitrogens with one attached hydrogen (secondary N) is 1. The summed E-state index contributed by atoms with van der Waals surface area (Å²) in [5.41, 5.74) is 2.83. The van der Waals surface area contributed by atoms with Gasteiger partial charge in [0.05, 0.1) is 0 Å². The molecular formula is C24H39NO3. The third kappa shape index (κ3) is 7.92. The highest BCUT2D eigenvalue weighted by molar-refractivity contribution is 5.67. The fourth-order valence-electron chi connectivity index (χ4n) is 4.51. The molecule has 3 rings (SSSR count). The molecule has 4 heteroatoms. The average molecular weight is 390 g/mol. The van der Waals surface area contributed by atoms with Gasteiger partial charge >= 0.3 is 5.97 Å². The number of ether oxygens (including phenoxy) is 1. The maximum atomic E-state index is 10.9. The van der Waals surface area contributed by atoms with Crippen LogP contribution in [0.4, 0.5) is 0 Å². The molecule has 0 bridgehead atoms. The minimum atomic E-state index is -0.652. The minimum Gasteiger partial charge on any atom is -0.481 e. The van der Waals surface area contributed by atoms with Crippen LogP contribution in [-0.2, 0) is 9.53 Å². The Kier molecular flexibility index (Phi) is 10.0. The topological polar surface area (TPSA) is 58.6 Å². The van der Waals surface area contributed by atoms with Crippen molar-refractivity contribution in [3.05, 3.63) is 35.4 Å². The first kappa shape index (κ1) is 22.9. The van der Waals surface area contributed by atoms with Crippen LogP contribution >= 0.6 is 0 Å². The molecule has 1 aliphatic carbocycles. The molecule has 2 unspecified atom stereocenters. The van der Waals surface area contributed by atoms with Gasteiger partial charge in [0.2, 0.25) is 0 Å². The molecule has 0 radical (unpaired) electrons. The number of carbonyl (C=O) groups is 1. The van der Waals surface area contributed by atoms with Crippen LogP contribution in [0, 0.1) is 11.8 Å². The van der Waals surface area contributed by atoms with Crippen molar-refractivity contribution in [3.8, 4) is 0 Å². The molecule has 4 nitrogen and oxygen atoms in total. The molecule has 28 heavy (non-hydrogen) atoms. The van der Waals surface area contributed by atoms with Crippen LogP contribution < -0.4 is 5.32 Å². The lowest BCUT2D eigenvalue weighted by Crippen LogP contribution is -2.17. The van der Waals surface area contributed by atoms with Gasteiger partial charge in [0.25, 0.3) is 0 Å². The van der Waals surface area contributed by atoms with Crippen molar-refractivity contribution in [2.24, 2.45) is 11.8 Å². The van der Waals surface area contributed by atoms with Crippen molar-refractivity contribution < 1.29 is 14.6 Å². The van der Waals surface area contributed by atoms with E-state index in [-0.39, 0.29) is 0 Å². The quantitative estimate of drug-likeness (QED) is 0.703. The van der Waals surface area contributed by atoms with E-state index in [0.717, 1.165) is 57.8 Å². The zero-order valence-corrected chi connectivity index (χ0v) is 18.0. The first-order valence-electron chi connectivity index (χ1n) is 11.0. The second-order valence-electron chi connectivity index (χ2n) is 8.83. The summed E-state index contributed by atoms with van der Waals surface area (Å²) in [5, 5.41) is 12.1. The highest BCUT2D eigenvalue weighted by Gasteiger charge is 2.25. The molecule has 1 aliphatic heterocycles. The van der Waals surface area contributed by atoms with E-state index in [2.05, 4.69) is 43.4 Å². The van der Waals surface area contributed by atoms with E-state index in [9.17, 15) is 4.79 Å². The summed E-state index contributed by atoms with van der Waals surface area (Å²) < 4.78 is 5.44. The summed E-state index contributed by atoms with van der Waals surface area (Å²) in [6.07, 6.45) is 7.05. The Morgan fingerprint density at radius 2 is 1.68 bits per heavy atom. The maximum absolute atomic E-state index is 10.9. The third-order valence-corrected chi connectivity index (χ3v) is 5.96. The van der Waals surface area contributed by atoms with E-state index in [4.69, 9.17) is 9.84 Å². The zero-order valence-electron chi connectivity index (χ0n) is 18.0. The summed E-state index contributed by atoms with van der Waals surface area (Å²) in [6.45, 7) is 7.27. The van der Waals surface area contributed by atoms with Crippen LogP contribution in [0.5, 0.6) is 0 Å². The van der Waals surface area contributed by atoms with Crippen LogP contribution in [0.15, 0.2) is 24.3 Å². The fourth-order valence-corrected chi connectivity index (χ4v) is 4.51. The second-order valence-corrected chi connectivity index (χ2v) is 8.83. The molecule has 0 amide bonds. The van der Waals surface area contributed by atoms with Gasteiger partial charge in [-0.2, -0.15) is 0 Å². The van der Waals surface area contributed by atoms with Crippen LogP contribution in [-0.4, -0.2) is 37.9 Å². The number of benzene rings is 1. The molecule has 2 fully saturated rings. The Bertz CT molecular complexity index is 564. The van der Waals surface area contributed by atoms with Crippen LogP contribution in [0.1, 0.15) is 81.8 Å². The summed E-state index contributed by atoms with van der Waals surface area (Å²) >= 11 is 0. The first-order chi connectivity index (χ1) is 13.5. The molecular weight excluding hydrogens is 350 g/mol. The minimum absolute atomic E-state index is 0.330. The molecule has 1 aromatic carbocycles. The molecule has 1 saturated carbocycles. The van der Waals surface area contributed by atoms with Gasteiger partial charge in [-0.15, -0.1) is 0 Å². The summed E-state index contributed by atoms with van der Waals surface area (Å²) in [5.74, 6) is 1.68. The van der Waals surface area contributed by atoms with E-state index in [1.165, 1.54) is 17.5 Å². The summed E-state index contributed by atoms with van der Waals surface area (Å²) in [6, 6.07) is 9.12. The predicted octanol–water partition coefficient (Wildman–Crippen LogP) is 5.19. The molecule has 2 N–H and O–H groups in total. The highest BCUT2D eigenvalue weighted by Crippen LogP contribution is 2.38. The van der Waals surface area contributed by atoms with Crippen molar-refractivity contribution in [3.63, 3.8) is 0 Å². The van der Waals surface area contributed by atoms with Crippen LogP contribution in [0.25, 0.3) is 0 Å². The van der Waals surface area contributed by atoms with E-state index < -0.39 is 5.97 Å². The number of aliphatic carboxylic acids is 1. The predicted molar refractivity (Wildman–Crippen MR) is 115 cm³/mol. The summed E-state index contributed by atoms with van der Waals surface area (Å²) in [4.78, 5) is 10.9. The van der Waals surface area contributed by atoms with Crippen molar-refractivity contribution in [1.29, 1.82) is 0 Å². The van der Waals surface area contributed by atoms with Crippen molar-refractivity contribution in [2.75, 3.05) is 26.8 Å². The van der Waals surface area contributed by atoms with Gasteiger partial charge in [-0.1, -0.05) is 44.5 Å². The van der Waals surface area contributed by atoms with Crippen molar-refractivity contribution in [2.45, 2.75) is 70.6 Å².